The number of fused-ring (bicyclic) bond motifs is 1. The van der Waals surface area contributed by atoms with Crippen LogP contribution in [0.1, 0.15) is 37.5 Å². The fourth-order valence-electron chi connectivity index (χ4n) is 3.22. The van der Waals surface area contributed by atoms with Gasteiger partial charge in [-0.05, 0) is 0 Å². The Labute approximate surface area is 193 Å². The number of pyridine rings is 1. The van der Waals surface area contributed by atoms with Crippen LogP contribution in [0, 0.1) is 24.4 Å². The molecule has 0 unspecified atom stereocenters. The summed E-state index contributed by atoms with van der Waals surface area (Å²) in [5, 5.41) is 30.6. The van der Waals surface area contributed by atoms with Crippen molar-refractivity contribution in [1.29, 1.82) is 5.26 Å². The van der Waals surface area contributed by atoms with E-state index in [0.717, 1.165) is 13.8 Å². The van der Waals surface area contributed by atoms with Crippen LogP contribution in [0.2, 0.25) is 0 Å². The molecule has 4 rings (SSSR count). The third kappa shape index (κ3) is 3.89. The number of nitrogens with zero attached hydrogens (tertiary/aromatic N) is 5. The molecule has 0 aliphatic rings. The molecule has 0 spiro atoms. The quantitative estimate of drug-likeness (QED) is 0.332. The van der Waals surface area contributed by atoms with Gasteiger partial charge in [0.25, 0.3) is 0 Å². The molecule has 10 heteroatoms. The van der Waals surface area contributed by atoms with Crippen molar-refractivity contribution in [3.8, 4) is 11.9 Å². The van der Waals surface area contributed by atoms with Gasteiger partial charge in [-0.15, -0.1) is 0 Å². The van der Waals surface area contributed by atoms with Crippen molar-refractivity contribution < 1.29 is 30.7 Å². The van der Waals surface area contributed by atoms with E-state index in [1.165, 1.54) is 24.7 Å². The number of aromatic nitrogens is 5. The average molecular weight is 545 g/mol. The molecular formula is C22H19FIN6O2-. The molecule has 164 valence electrons. The van der Waals surface area contributed by atoms with E-state index in [4.69, 9.17) is 0 Å². The topological polar surface area (TPSA) is 120 Å². The van der Waals surface area contributed by atoms with Crippen molar-refractivity contribution in [3.63, 3.8) is 0 Å². The molecule has 8 nitrogen and oxygen atoms in total. The normalized spacial score (nSPS) is 11.8. The predicted octanol–water partition coefficient (Wildman–Crippen LogP) is -0.567. The van der Waals surface area contributed by atoms with Gasteiger partial charge in [-0.2, -0.15) is 0 Å². The molecule has 4 aromatic rings. The minimum atomic E-state index is -0.926. The summed E-state index contributed by atoms with van der Waals surface area (Å²) in [6.45, 7) is 5.49. The van der Waals surface area contributed by atoms with Crippen molar-refractivity contribution in [2.75, 3.05) is 0 Å². The summed E-state index contributed by atoms with van der Waals surface area (Å²) in [7, 11) is 0. The van der Waals surface area contributed by atoms with Crippen molar-refractivity contribution in [2.24, 2.45) is 0 Å². The molecule has 0 aliphatic heterocycles. The molecule has 3 aromatic heterocycles. The summed E-state index contributed by atoms with van der Waals surface area (Å²) >= 11 is -0.926. The molecule has 2 N–H and O–H groups in total. The first kappa shape index (κ1) is 22.0. The molecular weight excluding hydrogens is 526 g/mol. The number of hydrogen-bond acceptors (Lipinski definition) is 6. The first-order chi connectivity index (χ1) is 15.2. The summed E-state index contributed by atoms with van der Waals surface area (Å²) in [5.41, 5.74) is 0.646. The molecule has 3 heterocycles. The van der Waals surface area contributed by atoms with Gasteiger partial charge in [-0.25, -0.2) is 0 Å². The van der Waals surface area contributed by atoms with Crippen LogP contribution >= 0.6 is 0 Å². The average Bonchev–Trinajstić information content (AvgIpc) is 3.20. The van der Waals surface area contributed by atoms with E-state index in [0.29, 0.717) is 20.2 Å². The van der Waals surface area contributed by atoms with Crippen LogP contribution in [-0.4, -0.2) is 30.1 Å². The van der Waals surface area contributed by atoms with Gasteiger partial charge in [0.1, 0.15) is 0 Å². The third-order valence-electron chi connectivity index (χ3n) is 4.95. The van der Waals surface area contributed by atoms with Crippen LogP contribution in [0.25, 0.3) is 16.6 Å². The number of hydrogen-bond donors (Lipinski definition) is 2. The van der Waals surface area contributed by atoms with Gasteiger partial charge < -0.3 is 0 Å². The zero-order chi connectivity index (χ0) is 23.0. The number of H-pyrrole nitrogens is 1. The number of rotatable bonds is 4. The van der Waals surface area contributed by atoms with Crippen molar-refractivity contribution in [1.82, 2.24) is 25.0 Å². The molecule has 32 heavy (non-hydrogen) atoms. The molecule has 0 amide bonds. The zero-order valence-electron chi connectivity index (χ0n) is 17.5. The standard InChI is InChI=1S/C22H19FIN6O2/c1-22(2,3)14-6-12-10-28-30(21(32)18(12)16(23)7-14)20-15(11-31)17(4-5-26-20)24-19-13(8-25)9-27-29-19/h4-7,9-10,31H,11H2,1-3H3,(H,27,29)/q-1. The number of nitriles is 1. The Hall–Kier alpha value is -3.17. The summed E-state index contributed by atoms with van der Waals surface area (Å²) in [6.07, 6.45) is 4.38. The van der Waals surface area contributed by atoms with Crippen LogP contribution in [-0.2, 0) is 12.0 Å². The summed E-state index contributed by atoms with van der Waals surface area (Å²) < 4.78 is 17.4. The van der Waals surface area contributed by atoms with E-state index < -0.39 is 39.2 Å². The van der Waals surface area contributed by atoms with Gasteiger partial charge in [0.05, 0.1) is 0 Å². The van der Waals surface area contributed by atoms with Gasteiger partial charge in [0, 0.05) is 0 Å². The number of aliphatic hydroxyl groups is 1. The van der Waals surface area contributed by atoms with Crippen molar-refractivity contribution in [3.05, 3.63) is 76.9 Å². The van der Waals surface area contributed by atoms with E-state index in [2.05, 4.69) is 26.3 Å². The van der Waals surface area contributed by atoms with E-state index in [1.54, 1.807) is 12.1 Å². The molecule has 0 atom stereocenters. The van der Waals surface area contributed by atoms with Crippen LogP contribution in [0.4, 0.5) is 4.39 Å². The number of aliphatic hydroxyl groups excluding tert-OH is 1. The van der Waals surface area contributed by atoms with E-state index in [1.807, 2.05) is 20.8 Å². The SMILES string of the molecule is CC(C)(C)c1cc(F)c2c(=O)n(-c3nccc([I-]c4[nH]ncc4C#N)c3CO)ncc2c1. The van der Waals surface area contributed by atoms with Crippen LogP contribution < -0.4 is 26.8 Å². The number of halogens is 2. The second-order valence-electron chi connectivity index (χ2n) is 8.09. The summed E-state index contributed by atoms with van der Waals surface area (Å²) in [5.74, 6) is -0.493. The second kappa shape index (κ2) is 8.40. The Morgan fingerprint density at radius 1 is 1.31 bits per heavy atom. The molecule has 0 saturated carbocycles. The number of aromatic amines is 1. The maximum absolute atomic E-state index is 15.0. The summed E-state index contributed by atoms with van der Waals surface area (Å²) in [4.78, 5) is 17.4. The zero-order valence-corrected chi connectivity index (χ0v) is 19.7. The summed E-state index contributed by atoms with van der Waals surface area (Å²) in [6, 6.07) is 6.94. The van der Waals surface area contributed by atoms with Crippen molar-refractivity contribution in [2.45, 2.75) is 32.8 Å². The number of nitrogens with one attached hydrogen (secondary N) is 1. The predicted molar refractivity (Wildman–Crippen MR) is 110 cm³/mol. The van der Waals surface area contributed by atoms with Gasteiger partial charge in [-0.1, -0.05) is 0 Å². The van der Waals surface area contributed by atoms with Gasteiger partial charge >= 0.3 is 193 Å². The Bertz CT molecular complexity index is 1430. The molecule has 0 saturated heterocycles. The van der Waals surface area contributed by atoms with Crippen molar-refractivity contribution >= 4 is 10.8 Å². The minimum absolute atomic E-state index is 0.0841. The van der Waals surface area contributed by atoms with Gasteiger partial charge in [0.2, 0.25) is 0 Å². The molecule has 1 aromatic carbocycles. The van der Waals surface area contributed by atoms with Gasteiger partial charge in [0.15, 0.2) is 0 Å². The first-order valence-electron chi connectivity index (χ1n) is 9.64. The Morgan fingerprint density at radius 2 is 2.09 bits per heavy atom. The number of benzene rings is 1. The van der Waals surface area contributed by atoms with E-state index in [9.17, 15) is 19.6 Å². The van der Waals surface area contributed by atoms with E-state index in [-0.39, 0.29) is 16.6 Å². The Kier molecular flexibility index (Phi) is 5.79. The fraction of sp³-hybridized carbons (Fsp3) is 0.227. The second-order valence-corrected chi connectivity index (χ2v) is 10.9. The molecule has 0 bridgehead atoms. The maximum atomic E-state index is 15.0. The molecule has 0 radical (unpaired) electrons. The molecule has 0 fully saturated rings. The fourth-order valence-corrected chi connectivity index (χ4v) is 5.68. The first-order valence-corrected chi connectivity index (χ1v) is 11.8. The van der Waals surface area contributed by atoms with Crippen LogP contribution in [0.15, 0.2) is 41.6 Å². The Balaban J connectivity index is 1.88. The monoisotopic (exact) mass is 545 g/mol. The van der Waals surface area contributed by atoms with Crippen LogP contribution in [0.3, 0.4) is 0 Å². The van der Waals surface area contributed by atoms with Crippen LogP contribution in [0.5, 0.6) is 0 Å². The van der Waals surface area contributed by atoms with Gasteiger partial charge in [-0.3, -0.25) is 0 Å². The third-order valence-corrected chi connectivity index (χ3v) is 7.90. The molecule has 0 aliphatic carbocycles. The Morgan fingerprint density at radius 3 is 2.78 bits per heavy atom. The van der Waals surface area contributed by atoms with E-state index >= 15 is 0 Å².